The number of hydrogen-bond acceptors (Lipinski definition) is 4. The van der Waals surface area contributed by atoms with Gasteiger partial charge in [-0.2, -0.15) is 0 Å². The summed E-state index contributed by atoms with van der Waals surface area (Å²) >= 11 is 0. The van der Waals surface area contributed by atoms with E-state index in [4.69, 9.17) is 19.9 Å². The fourth-order valence-electron chi connectivity index (χ4n) is 10.5. The SMILES string of the molecule is c1cc(-c2cccc(-n3c4ccccc4c4cc(-c5cccc(-c6cnc7c8ccccc8c8ccccc8c7n6)c5)ccc43)c2)cc(-c2cnc3c4ccccc4c4ccccc4c3n2)c1. The lowest BCUT2D eigenvalue weighted by atomic mass is 9.98. The van der Waals surface area contributed by atoms with Gasteiger partial charge in [0.25, 0.3) is 0 Å². The van der Waals surface area contributed by atoms with Crippen LogP contribution in [0.3, 0.4) is 0 Å². The lowest BCUT2D eigenvalue weighted by Gasteiger charge is -2.12. The van der Waals surface area contributed by atoms with Crippen LogP contribution >= 0.6 is 0 Å². The molecule has 0 bridgehead atoms. The predicted molar refractivity (Wildman–Crippen MR) is 279 cm³/mol. The van der Waals surface area contributed by atoms with E-state index in [0.717, 1.165) is 105 Å². The van der Waals surface area contributed by atoms with E-state index in [1.54, 1.807) is 0 Å². The van der Waals surface area contributed by atoms with Gasteiger partial charge in [-0.15, -0.1) is 0 Å². The second kappa shape index (κ2) is 14.7. The highest BCUT2D eigenvalue weighted by molar-refractivity contribution is 6.24. The van der Waals surface area contributed by atoms with Crippen molar-refractivity contribution < 1.29 is 0 Å². The van der Waals surface area contributed by atoms with Crippen LogP contribution in [0.15, 0.2) is 225 Å². The summed E-state index contributed by atoms with van der Waals surface area (Å²) in [5.74, 6) is 0. The summed E-state index contributed by atoms with van der Waals surface area (Å²) in [4.78, 5) is 20.7. The molecule has 5 nitrogen and oxygen atoms in total. The van der Waals surface area contributed by atoms with Gasteiger partial charge in [-0.1, -0.05) is 170 Å². The average Bonchev–Trinajstić information content (AvgIpc) is 3.74. The predicted octanol–water partition coefficient (Wildman–Crippen LogP) is 16.0. The van der Waals surface area contributed by atoms with E-state index in [-0.39, 0.29) is 0 Å². The average molecular weight is 852 g/mol. The van der Waals surface area contributed by atoms with Gasteiger partial charge < -0.3 is 4.57 Å². The molecule has 0 saturated carbocycles. The van der Waals surface area contributed by atoms with Gasteiger partial charge in [0.15, 0.2) is 0 Å². The Bertz CT molecular complexity index is 4290. The minimum Gasteiger partial charge on any atom is -0.309 e. The van der Waals surface area contributed by atoms with Gasteiger partial charge in [-0.3, -0.25) is 9.97 Å². The highest BCUT2D eigenvalue weighted by atomic mass is 15.0. The van der Waals surface area contributed by atoms with Gasteiger partial charge >= 0.3 is 0 Å². The quantitative estimate of drug-likeness (QED) is 0.162. The van der Waals surface area contributed by atoms with E-state index in [1.807, 2.05) is 12.4 Å². The molecular formula is C62H37N5. The minimum absolute atomic E-state index is 0.849. The number of aromatic nitrogens is 5. The van der Waals surface area contributed by atoms with E-state index in [9.17, 15) is 0 Å². The standard InChI is InChI=1S/C62H37N5/c1-5-25-50-45(20-1)47-22-3-7-27-52(47)61-59(50)63-36-55(65-61)42-17-11-14-38(32-42)40-16-13-19-44(34-40)67-57-29-10-9-24-49(57)54-35-41(30-31-58(54)67)39-15-12-18-43(33-39)56-37-64-60-51-26-6-2-21-46(51)48-23-4-8-28-53(48)62(60)66-56/h1-37H. The van der Waals surface area contributed by atoms with Crippen molar-refractivity contribution in [2.75, 3.05) is 0 Å². The molecule has 0 aliphatic carbocycles. The smallest absolute Gasteiger partial charge is 0.0979 e. The van der Waals surface area contributed by atoms with Crippen LogP contribution in [-0.4, -0.2) is 24.5 Å². The number of nitrogens with zero attached hydrogens (tertiary/aromatic N) is 5. The Morgan fingerprint density at radius 2 is 0.642 bits per heavy atom. The molecule has 3 aromatic heterocycles. The van der Waals surface area contributed by atoms with Crippen molar-refractivity contribution in [1.82, 2.24) is 24.5 Å². The first-order valence-electron chi connectivity index (χ1n) is 22.7. The lowest BCUT2D eigenvalue weighted by molar-refractivity contribution is 1.18. The molecule has 0 saturated heterocycles. The van der Waals surface area contributed by atoms with Crippen LogP contribution in [-0.2, 0) is 0 Å². The molecule has 14 rings (SSSR count). The van der Waals surface area contributed by atoms with Crippen LogP contribution in [0.2, 0.25) is 0 Å². The second-order valence-electron chi connectivity index (χ2n) is 17.4. The van der Waals surface area contributed by atoms with E-state index >= 15 is 0 Å². The molecule has 3 heterocycles. The van der Waals surface area contributed by atoms with Gasteiger partial charge in [0, 0.05) is 49.1 Å². The first kappa shape index (κ1) is 37.3. The molecular weight excluding hydrogens is 815 g/mol. The third-order valence-electron chi connectivity index (χ3n) is 13.6. The minimum atomic E-state index is 0.849. The zero-order valence-electron chi connectivity index (χ0n) is 36.1. The first-order chi connectivity index (χ1) is 33.2. The zero-order valence-corrected chi connectivity index (χ0v) is 36.1. The van der Waals surface area contributed by atoms with Crippen molar-refractivity contribution in [3.05, 3.63) is 225 Å². The zero-order chi connectivity index (χ0) is 44.0. The van der Waals surface area contributed by atoms with Crippen LogP contribution in [0, 0.1) is 0 Å². The van der Waals surface area contributed by atoms with E-state index in [2.05, 4.69) is 217 Å². The number of rotatable bonds is 5. The van der Waals surface area contributed by atoms with Crippen LogP contribution in [0.4, 0.5) is 0 Å². The fourth-order valence-corrected chi connectivity index (χ4v) is 10.5. The molecule has 0 spiro atoms. The van der Waals surface area contributed by atoms with E-state index in [0.29, 0.717) is 0 Å². The second-order valence-corrected chi connectivity index (χ2v) is 17.4. The summed E-state index contributed by atoms with van der Waals surface area (Å²) in [6.07, 6.45) is 3.84. The van der Waals surface area contributed by atoms with Gasteiger partial charge in [0.05, 0.1) is 56.9 Å². The molecule has 0 radical (unpaired) electrons. The lowest BCUT2D eigenvalue weighted by Crippen LogP contribution is -1.95. The summed E-state index contributed by atoms with van der Waals surface area (Å²) in [7, 11) is 0. The highest BCUT2D eigenvalue weighted by Crippen LogP contribution is 2.39. The summed E-state index contributed by atoms with van der Waals surface area (Å²) in [5, 5.41) is 11.6. The fraction of sp³-hybridized carbons (Fsp3) is 0. The van der Waals surface area contributed by atoms with E-state index < -0.39 is 0 Å². The molecule has 67 heavy (non-hydrogen) atoms. The molecule has 5 heteroatoms. The Morgan fingerprint density at radius 3 is 1.16 bits per heavy atom. The van der Waals surface area contributed by atoms with Gasteiger partial charge in [-0.25, -0.2) is 9.97 Å². The van der Waals surface area contributed by atoms with Crippen molar-refractivity contribution >= 4 is 87.0 Å². The maximum absolute atomic E-state index is 5.29. The monoisotopic (exact) mass is 851 g/mol. The Balaban J connectivity index is 0.837. The van der Waals surface area contributed by atoms with Crippen molar-refractivity contribution in [2.24, 2.45) is 0 Å². The van der Waals surface area contributed by atoms with Crippen LogP contribution in [0.1, 0.15) is 0 Å². The topological polar surface area (TPSA) is 56.5 Å². The molecule has 0 N–H and O–H groups in total. The molecule has 0 unspecified atom stereocenters. The van der Waals surface area contributed by atoms with Gasteiger partial charge in [0.1, 0.15) is 0 Å². The molecule has 310 valence electrons. The van der Waals surface area contributed by atoms with Crippen molar-refractivity contribution in [3.63, 3.8) is 0 Å². The Morgan fingerprint density at radius 1 is 0.254 bits per heavy atom. The Labute approximate surface area is 384 Å². The largest absolute Gasteiger partial charge is 0.309 e. The number of para-hydroxylation sites is 1. The maximum Gasteiger partial charge on any atom is 0.0979 e. The van der Waals surface area contributed by atoms with Gasteiger partial charge in [-0.05, 0) is 86.3 Å². The Hall–Kier alpha value is -9.06. The first-order valence-corrected chi connectivity index (χ1v) is 22.7. The third kappa shape index (κ3) is 5.88. The summed E-state index contributed by atoms with van der Waals surface area (Å²) in [6, 6.07) is 75.8. The molecule has 0 aliphatic rings. The van der Waals surface area contributed by atoms with Crippen LogP contribution in [0.25, 0.3) is 137 Å². The molecule has 0 amide bonds. The molecule has 0 aliphatic heterocycles. The summed E-state index contributed by atoms with van der Waals surface area (Å²) in [6.45, 7) is 0. The molecule has 0 fully saturated rings. The normalized spacial score (nSPS) is 11.9. The number of hydrogen-bond donors (Lipinski definition) is 0. The van der Waals surface area contributed by atoms with Crippen molar-refractivity contribution in [3.8, 4) is 50.5 Å². The number of benzene rings is 11. The van der Waals surface area contributed by atoms with Crippen molar-refractivity contribution in [1.29, 1.82) is 0 Å². The van der Waals surface area contributed by atoms with Crippen LogP contribution < -0.4 is 0 Å². The van der Waals surface area contributed by atoms with Gasteiger partial charge in [0.2, 0.25) is 0 Å². The van der Waals surface area contributed by atoms with Crippen molar-refractivity contribution in [2.45, 2.75) is 0 Å². The molecule has 14 aromatic rings. The van der Waals surface area contributed by atoms with Crippen LogP contribution in [0.5, 0.6) is 0 Å². The number of fused-ring (bicyclic) bond motifs is 15. The van der Waals surface area contributed by atoms with E-state index in [1.165, 1.54) is 32.3 Å². The maximum atomic E-state index is 5.29. The molecule has 11 aromatic carbocycles. The summed E-state index contributed by atoms with van der Waals surface area (Å²) in [5.41, 5.74) is 15.4. The third-order valence-corrected chi connectivity index (χ3v) is 13.6. The Kier molecular flexibility index (Phi) is 8.21. The summed E-state index contributed by atoms with van der Waals surface area (Å²) < 4.78 is 2.39. The highest BCUT2D eigenvalue weighted by Gasteiger charge is 2.17. The molecule has 0 atom stereocenters.